The van der Waals surface area contributed by atoms with Crippen LogP contribution in [0.15, 0.2) is 54.6 Å². The molecule has 0 spiro atoms. The highest BCUT2D eigenvalue weighted by Gasteiger charge is 2.12. The molecule has 0 aliphatic rings. The summed E-state index contributed by atoms with van der Waals surface area (Å²) in [6, 6.07) is 17.8. The molecule has 0 fully saturated rings. The van der Waals surface area contributed by atoms with Gasteiger partial charge in [-0.15, -0.1) is 0 Å². The molecule has 122 valence electrons. The minimum atomic E-state index is -0.229. The van der Waals surface area contributed by atoms with Gasteiger partial charge in [-0.2, -0.15) is 0 Å². The summed E-state index contributed by atoms with van der Waals surface area (Å²) in [5, 5.41) is 0. The van der Waals surface area contributed by atoms with E-state index in [2.05, 4.69) is 19.1 Å². The van der Waals surface area contributed by atoms with E-state index in [-0.39, 0.29) is 12.1 Å². The molecule has 0 radical (unpaired) electrons. The van der Waals surface area contributed by atoms with E-state index in [1.54, 1.807) is 0 Å². The molecule has 0 aliphatic carbocycles. The van der Waals surface area contributed by atoms with Crippen molar-refractivity contribution in [2.75, 3.05) is 0 Å². The van der Waals surface area contributed by atoms with Crippen LogP contribution in [0.2, 0.25) is 0 Å². The van der Waals surface area contributed by atoms with Crippen LogP contribution in [0, 0.1) is 0 Å². The lowest BCUT2D eigenvalue weighted by Gasteiger charge is -2.13. The van der Waals surface area contributed by atoms with Gasteiger partial charge in [-0.1, -0.05) is 68.7 Å². The zero-order valence-electron chi connectivity index (χ0n) is 14.1. The first-order valence-corrected chi connectivity index (χ1v) is 8.57. The van der Waals surface area contributed by atoms with Crippen LogP contribution in [-0.2, 0) is 4.74 Å². The predicted octanol–water partition coefficient (Wildman–Crippen LogP) is 5.87. The van der Waals surface area contributed by atoms with E-state index in [9.17, 15) is 4.79 Å². The number of esters is 1. The lowest BCUT2D eigenvalue weighted by atomic mass is 10.0. The number of benzene rings is 2. The van der Waals surface area contributed by atoms with Gasteiger partial charge in [-0.25, -0.2) is 4.79 Å². The van der Waals surface area contributed by atoms with E-state index in [4.69, 9.17) is 4.74 Å². The van der Waals surface area contributed by atoms with Gasteiger partial charge in [-0.3, -0.25) is 0 Å². The molecule has 0 saturated carbocycles. The number of ether oxygens (including phenoxy) is 1. The Labute approximate surface area is 139 Å². The number of carbonyl (C=O) groups is 1. The topological polar surface area (TPSA) is 26.3 Å². The molecule has 2 aromatic rings. The highest BCUT2D eigenvalue weighted by atomic mass is 16.5. The summed E-state index contributed by atoms with van der Waals surface area (Å²) >= 11 is 0. The van der Waals surface area contributed by atoms with Crippen LogP contribution >= 0.6 is 0 Å². The number of rotatable bonds is 8. The summed E-state index contributed by atoms with van der Waals surface area (Å²) in [4.78, 5) is 12.2. The number of carbonyl (C=O) groups excluding carboxylic acids is 1. The molecule has 0 amide bonds. The van der Waals surface area contributed by atoms with Crippen molar-refractivity contribution in [2.24, 2.45) is 0 Å². The monoisotopic (exact) mass is 310 g/mol. The minimum absolute atomic E-state index is 0.0202. The molecule has 0 saturated heterocycles. The van der Waals surface area contributed by atoms with E-state index in [0.29, 0.717) is 5.56 Å². The first-order valence-electron chi connectivity index (χ1n) is 8.57. The van der Waals surface area contributed by atoms with Gasteiger partial charge in [-0.05, 0) is 43.0 Å². The molecule has 2 nitrogen and oxygen atoms in total. The average molecular weight is 310 g/mol. The van der Waals surface area contributed by atoms with Crippen LogP contribution in [0.5, 0.6) is 0 Å². The van der Waals surface area contributed by atoms with Crippen molar-refractivity contribution in [2.45, 2.75) is 52.1 Å². The van der Waals surface area contributed by atoms with Gasteiger partial charge < -0.3 is 4.74 Å². The summed E-state index contributed by atoms with van der Waals surface area (Å²) in [7, 11) is 0. The molecule has 0 heterocycles. The molecule has 0 N–H and O–H groups in total. The van der Waals surface area contributed by atoms with Crippen molar-refractivity contribution in [3.05, 3.63) is 60.2 Å². The van der Waals surface area contributed by atoms with Crippen LogP contribution in [0.1, 0.15) is 56.3 Å². The van der Waals surface area contributed by atoms with Crippen molar-refractivity contribution in [3.8, 4) is 11.1 Å². The number of hydrogen-bond acceptors (Lipinski definition) is 2. The van der Waals surface area contributed by atoms with Gasteiger partial charge in [0.15, 0.2) is 0 Å². The van der Waals surface area contributed by atoms with Crippen molar-refractivity contribution in [1.82, 2.24) is 0 Å². The van der Waals surface area contributed by atoms with E-state index < -0.39 is 0 Å². The Bertz CT molecular complexity index is 587. The lowest BCUT2D eigenvalue weighted by Crippen LogP contribution is -2.15. The Morgan fingerprint density at radius 3 is 2.22 bits per heavy atom. The second-order valence-electron chi connectivity index (χ2n) is 6.01. The van der Waals surface area contributed by atoms with E-state index in [1.807, 2.05) is 49.4 Å². The maximum absolute atomic E-state index is 12.2. The Hall–Kier alpha value is -2.09. The zero-order valence-corrected chi connectivity index (χ0v) is 14.1. The first-order chi connectivity index (χ1) is 11.2. The summed E-state index contributed by atoms with van der Waals surface area (Å²) < 4.78 is 5.52. The fourth-order valence-corrected chi connectivity index (χ4v) is 2.60. The smallest absolute Gasteiger partial charge is 0.338 e. The van der Waals surface area contributed by atoms with Crippen LogP contribution in [0.25, 0.3) is 11.1 Å². The molecule has 0 aliphatic heterocycles. The lowest BCUT2D eigenvalue weighted by molar-refractivity contribution is 0.0319. The molecule has 0 bridgehead atoms. The van der Waals surface area contributed by atoms with Crippen LogP contribution in [0.4, 0.5) is 0 Å². The Balaban J connectivity index is 1.88. The Morgan fingerprint density at radius 1 is 0.913 bits per heavy atom. The molecule has 1 unspecified atom stereocenters. The molecule has 23 heavy (non-hydrogen) atoms. The first kappa shape index (κ1) is 17.3. The van der Waals surface area contributed by atoms with Crippen LogP contribution < -0.4 is 0 Å². The van der Waals surface area contributed by atoms with Gasteiger partial charge in [0.1, 0.15) is 0 Å². The van der Waals surface area contributed by atoms with Crippen molar-refractivity contribution >= 4 is 5.97 Å². The van der Waals surface area contributed by atoms with Gasteiger partial charge in [0, 0.05) is 0 Å². The second kappa shape index (κ2) is 9.14. The quantitative estimate of drug-likeness (QED) is 0.450. The maximum Gasteiger partial charge on any atom is 0.338 e. The van der Waals surface area contributed by atoms with E-state index in [1.165, 1.54) is 19.3 Å². The van der Waals surface area contributed by atoms with Gasteiger partial charge >= 0.3 is 5.97 Å². The fourth-order valence-electron chi connectivity index (χ4n) is 2.60. The van der Waals surface area contributed by atoms with Gasteiger partial charge in [0.25, 0.3) is 0 Å². The SMILES string of the molecule is CCCCCCC(C)OC(=O)c1ccc(-c2ccccc2)cc1. The fraction of sp³-hybridized carbons (Fsp3) is 0.381. The van der Waals surface area contributed by atoms with Crippen molar-refractivity contribution in [3.63, 3.8) is 0 Å². The van der Waals surface area contributed by atoms with Crippen LogP contribution in [-0.4, -0.2) is 12.1 Å². The van der Waals surface area contributed by atoms with Gasteiger partial charge in [0.2, 0.25) is 0 Å². The molecule has 2 aromatic carbocycles. The maximum atomic E-state index is 12.2. The Kier molecular flexibility index (Phi) is 6.86. The largest absolute Gasteiger partial charge is 0.459 e. The summed E-state index contributed by atoms with van der Waals surface area (Å²) in [6.45, 7) is 4.17. The summed E-state index contributed by atoms with van der Waals surface area (Å²) in [5.74, 6) is -0.229. The van der Waals surface area contributed by atoms with Gasteiger partial charge in [0.05, 0.1) is 11.7 Å². The Morgan fingerprint density at radius 2 is 1.57 bits per heavy atom. The third kappa shape index (κ3) is 5.55. The van der Waals surface area contributed by atoms with Crippen molar-refractivity contribution < 1.29 is 9.53 Å². The number of hydrogen-bond donors (Lipinski definition) is 0. The average Bonchev–Trinajstić information content (AvgIpc) is 2.59. The van der Waals surface area contributed by atoms with E-state index >= 15 is 0 Å². The van der Waals surface area contributed by atoms with Crippen LogP contribution in [0.3, 0.4) is 0 Å². The molecule has 0 aromatic heterocycles. The highest BCUT2D eigenvalue weighted by molar-refractivity contribution is 5.90. The summed E-state index contributed by atoms with van der Waals surface area (Å²) in [6.07, 6.45) is 5.73. The molecule has 2 rings (SSSR count). The third-order valence-corrected chi connectivity index (χ3v) is 4.00. The third-order valence-electron chi connectivity index (χ3n) is 4.00. The van der Waals surface area contributed by atoms with Crippen molar-refractivity contribution in [1.29, 1.82) is 0 Å². The highest BCUT2D eigenvalue weighted by Crippen LogP contribution is 2.20. The molecular weight excluding hydrogens is 284 g/mol. The second-order valence-corrected chi connectivity index (χ2v) is 6.01. The predicted molar refractivity (Wildman–Crippen MR) is 95.5 cm³/mol. The summed E-state index contributed by atoms with van der Waals surface area (Å²) in [5.41, 5.74) is 2.87. The zero-order chi connectivity index (χ0) is 16.5. The normalized spacial score (nSPS) is 11.9. The minimum Gasteiger partial charge on any atom is -0.459 e. The molecule has 1 atom stereocenters. The molecular formula is C21H26O2. The van der Waals surface area contributed by atoms with E-state index in [0.717, 1.165) is 24.0 Å². The molecule has 2 heteroatoms. The standard InChI is InChI=1S/C21H26O2/c1-3-4-5-7-10-17(2)23-21(22)20-15-13-19(14-16-20)18-11-8-6-9-12-18/h6,8-9,11-17H,3-5,7,10H2,1-2H3. The number of unbranched alkanes of at least 4 members (excludes halogenated alkanes) is 3.